The summed E-state index contributed by atoms with van der Waals surface area (Å²) in [6.07, 6.45) is 2.38. The number of aromatic nitrogens is 1. The minimum Gasteiger partial charge on any atom is -0.507 e. The molecule has 2 aromatic rings. The van der Waals surface area contributed by atoms with Crippen LogP contribution in [-0.2, 0) is 0 Å². The number of aldehydes is 1. The number of carbonyl (C=O) groups is 1. The Morgan fingerprint density at radius 1 is 1.40 bits per heavy atom. The summed E-state index contributed by atoms with van der Waals surface area (Å²) in [5.41, 5.74) is 2.47. The van der Waals surface area contributed by atoms with Gasteiger partial charge in [0.2, 0.25) is 0 Å². The minimum atomic E-state index is 0.151. The molecule has 0 saturated carbocycles. The number of phenols is 1. The number of nitrogens with one attached hydrogen (secondary N) is 1. The number of aromatic hydroxyl groups is 1. The average molecular weight is 203 g/mol. The van der Waals surface area contributed by atoms with Crippen molar-refractivity contribution < 1.29 is 9.90 Å². The normalized spacial score (nSPS) is 11.1. The molecule has 3 heteroatoms. The van der Waals surface area contributed by atoms with Crippen LogP contribution in [-0.4, -0.2) is 16.4 Å². The number of fused-ring (bicyclic) bond motifs is 1. The molecular formula is C12H13NO2. The number of benzene rings is 1. The van der Waals surface area contributed by atoms with Gasteiger partial charge in [-0.1, -0.05) is 19.9 Å². The molecular weight excluding hydrogens is 190 g/mol. The van der Waals surface area contributed by atoms with E-state index >= 15 is 0 Å². The van der Waals surface area contributed by atoms with Gasteiger partial charge in [-0.3, -0.25) is 4.79 Å². The van der Waals surface area contributed by atoms with E-state index in [1.807, 2.05) is 6.07 Å². The van der Waals surface area contributed by atoms with Gasteiger partial charge in [-0.2, -0.15) is 0 Å². The van der Waals surface area contributed by atoms with Crippen molar-refractivity contribution in [2.45, 2.75) is 19.8 Å². The summed E-state index contributed by atoms with van der Waals surface area (Å²) in [7, 11) is 0. The highest BCUT2D eigenvalue weighted by atomic mass is 16.3. The molecule has 0 atom stereocenters. The molecule has 2 N–H and O–H groups in total. The largest absolute Gasteiger partial charge is 0.507 e. The number of rotatable bonds is 2. The molecule has 0 amide bonds. The number of phenolic OH excluding ortho intramolecular Hbond substituents is 1. The first-order valence-electron chi connectivity index (χ1n) is 4.93. The molecule has 0 saturated heterocycles. The Kier molecular flexibility index (Phi) is 2.23. The van der Waals surface area contributed by atoms with Crippen molar-refractivity contribution in [2.24, 2.45) is 0 Å². The average Bonchev–Trinajstić information content (AvgIpc) is 2.62. The van der Waals surface area contributed by atoms with Gasteiger partial charge in [0.15, 0.2) is 6.29 Å². The van der Waals surface area contributed by atoms with Crippen molar-refractivity contribution in [1.29, 1.82) is 0 Å². The van der Waals surface area contributed by atoms with Crippen molar-refractivity contribution >= 4 is 17.2 Å². The number of H-pyrrole nitrogens is 1. The van der Waals surface area contributed by atoms with Gasteiger partial charge in [0.05, 0.1) is 10.9 Å². The van der Waals surface area contributed by atoms with Gasteiger partial charge in [0.25, 0.3) is 0 Å². The third-order valence-corrected chi connectivity index (χ3v) is 2.63. The quantitative estimate of drug-likeness (QED) is 0.737. The Balaban J connectivity index is 2.84. The third kappa shape index (κ3) is 1.40. The first-order chi connectivity index (χ1) is 7.15. The summed E-state index contributed by atoms with van der Waals surface area (Å²) in [4.78, 5) is 13.8. The number of hydrogen-bond donors (Lipinski definition) is 2. The molecule has 3 nitrogen and oxygen atoms in total. The summed E-state index contributed by atoms with van der Waals surface area (Å²) in [5.74, 6) is 0.504. The van der Waals surface area contributed by atoms with Crippen LogP contribution in [0.25, 0.3) is 10.9 Å². The molecule has 0 radical (unpaired) electrons. The van der Waals surface area contributed by atoms with Crippen LogP contribution >= 0.6 is 0 Å². The maximum Gasteiger partial charge on any atom is 0.152 e. The monoisotopic (exact) mass is 203 g/mol. The second kappa shape index (κ2) is 3.42. The predicted octanol–water partition coefficient (Wildman–Crippen LogP) is 2.81. The summed E-state index contributed by atoms with van der Waals surface area (Å²) in [6, 6.07) is 3.52. The summed E-state index contributed by atoms with van der Waals surface area (Å²) in [6.45, 7) is 4.15. The second-order valence-corrected chi connectivity index (χ2v) is 3.94. The number of carbonyl (C=O) groups excluding carboxylic acids is 1. The van der Waals surface area contributed by atoms with Crippen molar-refractivity contribution in [1.82, 2.24) is 4.98 Å². The maximum absolute atomic E-state index is 10.8. The van der Waals surface area contributed by atoms with Crippen LogP contribution in [0.1, 0.15) is 35.7 Å². The topological polar surface area (TPSA) is 53.1 Å². The van der Waals surface area contributed by atoms with Gasteiger partial charge >= 0.3 is 0 Å². The molecule has 0 spiro atoms. The molecule has 0 bridgehead atoms. The zero-order valence-corrected chi connectivity index (χ0v) is 8.74. The zero-order chi connectivity index (χ0) is 11.0. The summed E-state index contributed by atoms with van der Waals surface area (Å²) >= 11 is 0. The van der Waals surface area contributed by atoms with E-state index in [4.69, 9.17) is 0 Å². The number of hydrogen-bond acceptors (Lipinski definition) is 2. The van der Waals surface area contributed by atoms with Gasteiger partial charge in [-0.25, -0.2) is 0 Å². The highest BCUT2D eigenvalue weighted by Gasteiger charge is 2.12. The van der Waals surface area contributed by atoms with Crippen LogP contribution < -0.4 is 0 Å². The summed E-state index contributed by atoms with van der Waals surface area (Å²) in [5, 5.41) is 10.3. The third-order valence-electron chi connectivity index (χ3n) is 2.63. The number of aromatic amines is 1. The molecule has 78 valence electrons. The van der Waals surface area contributed by atoms with Gasteiger partial charge in [0.1, 0.15) is 5.75 Å². The summed E-state index contributed by atoms with van der Waals surface area (Å²) < 4.78 is 0. The first-order valence-corrected chi connectivity index (χ1v) is 4.93. The molecule has 15 heavy (non-hydrogen) atoms. The minimum absolute atomic E-state index is 0.151. The van der Waals surface area contributed by atoms with Crippen LogP contribution in [0.4, 0.5) is 0 Å². The van der Waals surface area contributed by atoms with Crippen molar-refractivity contribution in [2.75, 3.05) is 0 Å². The molecule has 0 aliphatic rings. The fourth-order valence-electron chi connectivity index (χ4n) is 1.85. The fourth-order valence-corrected chi connectivity index (χ4v) is 1.85. The molecule has 0 fully saturated rings. The van der Waals surface area contributed by atoms with E-state index in [9.17, 15) is 9.90 Å². The SMILES string of the molecule is CC(C)c1ccc(O)c2c(C=O)c[nH]c12. The van der Waals surface area contributed by atoms with Crippen LogP contribution in [0, 0.1) is 0 Å². The Morgan fingerprint density at radius 3 is 2.73 bits per heavy atom. The molecule has 2 rings (SSSR count). The van der Waals surface area contributed by atoms with Crippen molar-refractivity contribution in [3.05, 3.63) is 29.5 Å². The zero-order valence-electron chi connectivity index (χ0n) is 8.74. The van der Waals surface area contributed by atoms with Crippen LogP contribution in [0.15, 0.2) is 18.3 Å². The van der Waals surface area contributed by atoms with E-state index in [-0.39, 0.29) is 5.75 Å². The van der Waals surface area contributed by atoms with E-state index < -0.39 is 0 Å². The van der Waals surface area contributed by atoms with Crippen LogP contribution in [0.3, 0.4) is 0 Å². The lowest BCUT2D eigenvalue weighted by atomic mass is 9.99. The molecule has 1 aromatic heterocycles. The van der Waals surface area contributed by atoms with Gasteiger partial charge in [-0.05, 0) is 17.5 Å². The van der Waals surface area contributed by atoms with Gasteiger partial charge in [-0.15, -0.1) is 0 Å². The molecule has 1 heterocycles. The van der Waals surface area contributed by atoms with Crippen LogP contribution in [0.2, 0.25) is 0 Å². The molecule has 0 unspecified atom stereocenters. The lowest BCUT2D eigenvalue weighted by Crippen LogP contribution is -1.89. The predicted molar refractivity (Wildman–Crippen MR) is 59.4 cm³/mol. The van der Waals surface area contributed by atoms with E-state index in [2.05, 4.69) is 18.8 Å². The first kappa shape index (κ1) is 9.77. The molecule has 0 aliphatic heterocycles. The Labute approximate surface area is 87.7 Å². The van der Waals surface area contributed by atoms with Crippen molar-refractivity contribution in [3.8, 4) is 5.75 Å². The Hall–Kier alpha value is -1.77. The molecule has 0 aliphatic carbocycles. The van der Waals surface area contributed by atoms with E-state index in [0.29, 0.717) is 16.9 Å². The second-order valence-electron chi connectivity index (χ2n) is 3.94. The highest BCUT2D eigenvalue weighted by molar-refractivity contribution is 6.02. The van der Waals surface area contributed by atoms with E-state index in [0.717, 1.165) is 17.4 Å². The Bertz CT molecular complexity index is 512. The fraction of sp³-hybridized carbons (Fsp3) is 0.250. The highest BCUT2D eigenvalue weighted by Crippen LogP contribution is 2.32. The molecule has 1 aromatic carbocycles. The van der Waals surface area contributed by atoms with Gasteiger partial charge < -0.3 is 10.1 Å². The lowest BCUT2D eigenvalue weighted by Gasteiger charge is -2.07. The van der Waals surface area contributed by atoms with Crippen molar-refractivity contribution in [3.63, 3.8) is 0 Å². The lowest BCUT2D eigenvalue weighted by molar-refractivity contribution is 0.112. The maximum atomic E-state index is 10.8. The van der Waals surface area contributed by atoms with Gasteiger partial charge in [0, 0.05) is 11.8 Å². The van der Waals surface area contributed by atoms with Crippen LogP contribution in [0.5, 0.6) is 5.75 Å². The van der Waals surface area contributed by atoms with E-state index in [1.165, 1.54) is 0 Å². The smallest absolute Gasteiger partial charge is 0.152 e. The standard InChI is InChI=1S/C12H13NO2/c1-7(2)9-3-4-10(15)11-8(6-14)5-13-12(9)11/h3-7,13,15H,1-2H3. The van der Waals surface area contributed by atoms with E-state index in [1.54, 1.807) is 12.3 Å². The Morgan fingerprint density at radius 2 is 2.13 bits per heavy atom.